The minimum atomic E-state index is -0.547. The fourth-order valence-electron chi connectivity index (χ4n) is 2.16. The van der Waals surface area contributed by atoms with Gasteiger partial charge in [0, 0.05) is 18.2 Å². The van der Waals surface area contributed by atoms with Gasteiger partial charge in [0.15, 0.2) is 0 Å². The summed E-state index contributed by atoms with van der Waals surface area (Å²) in [4.78, 5) is 23.6. The van der Waals surface area contributed by atoms with E-state index in [2.05, 4.69) is 10.6 Å². The van der Waals surface area contributed by atoms with E-state index >= 15 is 0 Å². The zero-order chi connectivity index (χ0) is 14.8. The predicted octanol–water partition coefficient (Wildman–Crippen LogP) is 2.46. The van der Waals surface area contributed by atoms with E-state index in [1.165, 1.54) is 0 Å². The van der Waals surface area contributed by atoms with Crippen molar-refractivity contribution in [2.45, 2.75) is 45.3 Å². The monoisotopic (exact) mass is 276 g/mol. The van der Waals surface area contributed by atoms with Crippen molar-refractivity contribution >= 4 is 17.7 Å². The maximum absolute atomic E-state index is 11.8. The molecule has 1 aliphatic heterocycles. The molecule has 108 valence electrons. The van der Waals surface area contributed by atoms with Gasteiger partial charge >= 0.3 is 6.09 Å². The summed E-state index contributed by atoms with van der Waals surface area (Å²) in [5.74, 6) is -0.101. The van der Waals surface area contributed by atoms with E-state index in [1.807, 2.05) is 45.0 Å². The van der Waals surface area contributed by atoms with Gasteiger partial charge in [0.1, 0.15) is 5.60 Å². The average molecular weight is 276 g/mol. The fourth-order valence-corrected chi connectivity index (χ4v) is 2.16. The van der Waals surface area contributed by atoms with Gasteiger partial charge in [0.25, 0.3) is 0 Å². The Hall–Kier alpha value is -2.04. The summed E-state index contributed by atoms with van der Waals surface area (Å²) in [6.45, 7) is 5.42. The van der Waals surface area contributed by atoms with E-state index in [0.717, 1.165) is 11.3 Å². The second-order valence-corrected chi connectivity index (χ2v) is 5.96. The number of rotatable bonds is 1. The molecule has 2 N–H and O–H groups in total. The van der Waals surface area contributed by atoms with Crippen LogP contribution in [0.2, 0.25) is 0 Å². The number of benzene rings is 1. The van der Waals surface area contributed by atoms with Crippen molar-refractivity contribution in [1.82, 2.24) is 5.32 Å². The van der Waals surface area contributed by atoms with Gasteiger partial charge in [-0.05, 0) is 38.8 Å². The highest BCUT2D eigenvalue weighted by Crippen LogP contribution is 2.21. The Balaban J connectivity index is 2.06. The smallest absolute Gasteiger partial charge is 0.407 e. The summed E-state index contributed by atoms with van der Waals surface area (Å²) >= 11 is 0. The SMILES string of the molecule is CC(C)(C)OC(=O)N[C@H]1CC(=O)Nc2ccccc2C1. The summed E-state index contributed by atoms with van der Waals surface area (Å²) in [7, 11) is 0. The molecule has 2 amide bonds. The number of para-hydroxylation sites is 1. The lowest BCUT2D eigenvalue weighted by molar-refractivity contribution is -0.116. The van der Waals surface area contributed by atoms with Gasteiger partial charge in [-0.15, -0.1) is 0 Å². The van der Waals surface area contributed by atoms with Crippen LogP contribution in [-0.4, -0.2) is 23.6 Å². The molecule has 0 saturated carbocycles. The third-order valence-electron chi connectivity index (χ3n) is 2.91. The molecular formula is C15H20N2O3. The van der Waals surface area contributed by atoms with Crippen LogP contribution in [0.15, 0.2) is 24.3 Å². The zero-order valence-electron chi connectivity index (χ0n) is 12.0. The number of hydrogen-bond acceptors (Lipinski definition) is 3. The lowest BCUT2D eigenvalue weighted by atomic mass is 10.0. The van der Waals surface area contributed by atoms with Crippen molar-refractivity contribution in [2.24, 2.45) is 0 Å². The number of anilines is 1. The predicted molar refractivity (Wildman–Crippen MR) is 76.6 cm³/mol. The van der Waals surface area contributed by atoms with Crippen molar-refractivity contribution in [1.29, 1.82) is 0 Å². The van der Waals surface area contributed by atoms with E-state index in [1.54, 1.807) is 0 Å². The highest BCUT2D eigenvalue weighted by atomic mass is 16.6. The third-order valence-corrected chi connectivity index (χ3v) is 2.91. The molecule has 0 bridgehead atoms. The molecule has 1 heterocycles. The topological polar surface area (TPSA) is 67.4 Å². The molecule has 0 saturated heterocycles. The van der Waals surface area contributed by atoms with Crippen LogP contribution >= 0.6 is 0 Å². The largest absolute Gasteiger partial charge is 0.444 e. The molecule has 5 heteroatoms. The molecule has 0 unspecified atom stereocenters. The first-order valence-electron chi connectivity index (χ1n) is 6.71. The second-order valence-electron chi connectivity index (χ2n) is 5.96. The molecule has 1 aliphatic rings. The molecule has 1 atom stereocenters. The third kappa shape index (κ3) is 3.98. The molecule has 0 fully saturated rings. The van der Waals surface area contributed by atoms with Crippen LogP contribution in [0.3, 0.4) is 0 Å². The Morgan fingerprint density at radius 1 is 1.30 bits per heavy atom. The number of nitrogens with one attached hydrogen (secondary N) is 2. The quantitative estimate of drug-likeness (QED) is 0.828. The van der Waals surface area contributed by atoms with Gasteiger partial charge < -0.3 is 15.4 Å². The van der Waals surface area contributed by atoms with Crippen LogP contribution in [0, 0.1) is 0 Å². The molecule has 1 aromatic rings. The number of fused-ring (bicyclic) bond motifs is 1. The highest BCUT2D eigenvalue weighted by molar-refractivity contribution is 5.93. The molecule has 20 heavy (non-hydrogen) atoms. The molecule has 5 nitrogen and oxygen atoms in total. The number of ether oxygens (including phenoxy) is 1. The standard InChI is InChI=1S/C15H20N2O3/c1-15(2,3)20-14(19)16-11-8-10-6-4-5-7-12(10)17-13(18)9-11/h4-7,11H,8-9H2,1-3H3,(H,16,19)(H,17,18)/t11-/m1/s1. The summed E-state index contributed by atoms with van der Waals surface area (Å²) < 4.78 is 5.22. The average Bonchev–Trinajstić information content (AvgIpc) is 2.43. The van der Waals surface area contributed by atoms with Crippen LogP contribution in [-0.2, 0) is 16.0 Å². The lowest BCUT2D eigenvalue weighted by Gasteiger charge is -2.22. The van der Waals surface area contributed by atoms with Crippen LogP contribution in [0.1, 0.15) is 32.8 Å². The maximum atomic E-state index is 11.8. The first-order valence-corrected chi connectivity index (χ1v) is 6.71. The minimum Gasteiger partial charge on any atom is -0.444 e. The van der Waals surface area contributed by atoms with Crippen LogP contribution < -0.4 is 10.6 Å². The van der Waals surface area contributed by atoms with Crippen molar-refractivity contribution in [2.75, 3.05) is 5.32 Å². The molecule has 2 rings (SSSR count). The summed E-state index contributed by atoms with van der Waals surface area (Å²) in [5.41, 5.74) is 1.28. The minimum absolute atomic E-state index is 0.101. The van der Waals surface area contributed by atoms with Crippen molar-refractivity contribution in [3.8, 4) is 0 Å². The Kier molecular flexibility index (Phi) is 3.97. The Morgan fingerprint density at radius 2 is 2.00 bits per heavy atom. The van der Waals surface area contributed by atoms with E-state index in [-0.39, 0.29) is 18.4 Å². The van der Waals surface area contributed by atoms with Gasteiger partial charge in [0.2, 0.25) is 5.91 Å². The molecule has 0 aromatic heterocycles. The first kappa shape index (κ1) is 14.4. The zero-order valence-corrected chi connectivity index (χ0v) is 12.0. The number of carbonyl (C=O) groups excluding carboxylic acids is 2. The molecule has 1 aromatic carbocycles. The van der Waals surface area contributed by atoms with E-state index in [4.69, 9.17) is 4.74 Å². The molecule has 0 radical (unpaired) electrons. The summed E-state index contributed by atoms with van der Waals surface area (Å²) in [6, 6.07) is 7.35. The normalized spacial score (nSPS) is 18.6. The lowest BCUT2D eigenvalue weighted by Crippen LogP contribution is -2.41. The summed E-state index contributed by atoms with van der Waals surface area (Å²) in [5, 5.41) is 5.61. The van der Waals surface area contributed by atoms with Gasteiger partial charge in [-0.1, -0.05) is 18.2 Å². The number of carbonyl (C=O) groups is 2. The number of alkyl carbamates (subject to hydrolysis) is 1. The Morgan fingerprint density at radius 3 is 2.70 bits per heavy atom. The van der Waals surface area contributed by atoms with Crippen LogP contribution in [0.25, 0.3) is 0 Å². The van der Waals surface area contributed by atoms with Crippen LogP contribution in [0.5, 0.6) is 0 Å². The maximum Gasteiger partial charge on any atom is 0.407 e. The molecular weight excluding hydrogens is 256 g/mol. The van der Waals surface area contributed by atoms with Gasteiger partial charge in [-0.25, -0.2) is 4.79 Å². The first-order chi connectivity index (χ1) is 9.33. The van der Waals surface area contributed by atoms with E-state index in [9.17, 15) is 9.59 Å². The highest BCUT2D eigenvalue weighted by Gasteiger charge is 2.24. The Bertz CT molecular complexity index is 520. The fraction of sp³-hybridized carbons (Fsp3) is 0.467. The van der Waals surface area contributed by atoms with Crippen molar-refractivity contribution in [3.05, 3.63) is 29.8 Å². The summed E-state index contributed by atoms with van der Waals surface area (Å²) in [6.07, 6.45) is 0.358. The van der Waals surface area contributed by atoms with E-state index in [0.29, 0.717) is 6.42 Å². The van der Waals surface area contributed by atoms with Crippen molar-refractivity contribution in [3.63, 3.8) is 0 Å². The molecule has 0 aliphatic carbocycles. The molecule has 0 spiro atoms. The van der Waals surface area contributed by atoms with Crippen molar-refractivity contribution < 1.29 is 14.3 Å². The van der Waals surface area contributed by atoms with Gasteiger partial charge in [-0.2, -0.15) is 0 Å². The second kappa shape index (κ2) is 5.53. The number of hydrogen-bond donors (Lipinski definition) is 2. The van der Waals surface area contributed by atoms with Crippen LogP contribution in [0.4, 0.5) is 10.5 Å². The Labute approximate surface area is 118 Å². The van der Waals surface area contributed by atoms with Gasteiger partial charge in [-0.3, -0.25) is 4.79 Å². The van der Waals surface area contributed by atoms with Gasteiger partial charge in [0.05, 0.1) is 0 Å². The number of amides is 2. The van der Waals surface area contributed by atoms with E-state index < -0.39 is 11.7 Å².